The Morgan fingerprint density at radius 3 is 2.60 bits per heavy atom. The van der Waals surface area contributed by atoms with Crippen LogP contribution in [0, 0.1) is 0 Å². The Balaban J connectivity index is 0.00000147. The summed E-state index contributed by atoms with van der Waals surface area (Å²) in [6, 6.07) is 9.97. The van der Waals surface area contributed by atoms with E-state index in [0.717, 1.165) is 22.2 Å². The molecule has 0 spiro atoms. The lowest BCUT2D eigenvalue weighted by Gasteiger charge is -2.03. The standard InChI is InChI=1S/C14H14N4O.ClH/c1-18-12-6-11(8-16-13(12)17-14(18)19)10-4-2-9(7-15)3-5-10;/h2-6,8H,7,15H2,1H3,(H,16,17,19);1H. The highest BCUT2D eigenvalue weighted by atomic mass is 35.5. The third-order valence-electron chi connectivity index (χ3n) is 3.28. The summed E-state index contributed by atoms with van der Waals surface area (Å²) in [5, 5.41) is 0. The van der Waals surface area contributed by atoms with Gasteiger partial charge in [-0.2, -0.15) is 0 Å². The molecule has 0 saturated heterocycles. The molecule has 3 N–H and O–H groups in total. The number of nitrogens with one attached hydrogen (secondary N) is 1. The van der Waals surface area contributed by atoms with Gasteiger partial charge in [-0.05, 0) is 17.2 Å². The van der Waals surface area contributed by atoms with Crippen molar-refractivity contribution in [2.24, 2.45) is 12.8 Å². The molecule has 0 aliphatic rings. The molecule has 3 aromatic rings. The number of nitrogens with two attached hydrogens (primary N) is 1. The number of aryl methyl sites for hydroxylation is 1. The maximum absolute atomic E-state index is 11.5. The van der Waals surface area contributed by atoms with Crippen molar-refractivity contribution in [3.8, 4) is 11.1 Å². The van der Waals surface area contributed by atoms with Gasteiger partial charge in [-0.25, -0.2) is 9.78 Å². The number of nitrogens with zero attached hydrogens (tertiary/aromatic N) is 2. The summed E-state index contributed by atoms with van der Waals surface area (Å²) >= 11 is 0. The molecule has 20 heavy (non-hydrogen) atoms. The Hall–Kier alpha value is -2.11. The van der Waals surface area contributed by atoms with Gasteiger partial charge in [-0.3, -0.25) is 9.55 Å². The number of aromatic amines is 1. The van der Waals surface area contributed by atoms with Gasteiger partial charge in [0.2, 0.25) is 0 Å². The second kappa shape index (κ2) is 5.48. The number of rotatable bonds is 2. The third-order valence-corrected chi connectivity index (χ3v) is 3.28. The van der Waals surface area contributed by atoms with Crippen LogP contribution in [0.3, 0.4) is 0 Å². The molecule has 6 heteroatoms. The van der Waals surface area contributed by atoms with Crippen molar-refractivity contribution in [3.05, 3.63) is 52.6 Å². The molecular formula is C14H15ClN4O. The van der Waals surface area contributed by atoms with E-state index in [2.05, 4.69) is 9.97 Å². The number of halogens is 1. The van der Waals surface area contributed by atoms with Crippen LogP contribution in [0.15, 0.2) is 41.3 Å². The van der Waals surface area contributed by atoms with Crippen LogP contribution in [0.5, 0.6) is 0 Å². The summed E-state index contributed by atoms with van der Waals surface area (Å²) in [4.78, 5) is 18.5. The lowest BCUT2D eigenvalue weighted by Crippen LogP contribution is -2.11. The maximum atomic E-state index is 11.5. The molecule has 0 amide bonds. The fraction of sp³-hybridized carbons (Fsp3) is 0.143. The Labute approximate surface area is 121 Å². The van der Waals surface area contributed by atoms with E-state index < -0.39 is 0 Å². The van der Waals surface area contributed by atoms with Crippen molar-refractivity contribution in [3.63, 3.8) is 0 Å². The van der Waals surface area contributed by atoms with Crippen LogP contribution >= 0.6 is 12.4 Å². The third kappa shape index (κ3) is 2.33. The van der Waals surface area contributed by atoms with E-state index in [0.29, 0.717) is 12.2 Å². The average Bonchev–Trinajstić information content (AvgIpc) is 2.74. The summed E-state index contributed by atoms with van der Waals surface area (Å²) in [5.74, 6) is 0. The minimum atomic E-state index is -0.155. The molecule has 0 bridgehead atoms. The van der Waals surface area contributed by atoms with Gasteiger partial charge in [0, 0.05) is 25.4 Å². The van der Waals surface area contributed by atoms with Crippen LogP contribution in [-0.4, -0.2) is 14.5 Å². The molecule has 2 heterocycles. The Morgan fingerprint density at radius 2 is 1.95 bits per heavy atom. The van der Waals surface area contributed by atoms with Gasteiger partial charge in [-0.15, -0.1) is 12.4 Å². The largest absolute Gasteiger partial charge is 0.327 e. The summed E-state index contributed by atoms with van der Waals surface area (Å²) in [6.07, 6.45) is 1.76. The average molecular weight is 291 g/mol. The van der Waals surface area contributed by atoms with Crippen LogP contribution in [-0.2, 0) is 13.6 Å². The molecule has 0 saturated carbocycles. The number of aromatic nitrogens is 3. The minimum absolute atomic E-state index is 0. The van der Waals surface area contributed by atoms with Crippen molar-refractivity contribution >= 4 is 23.6 Å². The zero-order valence-electron chi connectivity index (χ0n) is 11.0. The first-order valence-corrected chi connectivity index (χ1v) is 6.03. The number of imidazole rings is 1. The van der Waals surface area contributed by atoms with Gasteiger partial charge >= 0.3 is 5.69 Å². The Bertz CT molecular complexity index is 789. The smallest absolute Gasteiger partial charge is 0.326 e. The normalized spacial score (nSPS) is 10.5. The lowest BCUT2D eigenvalue weighted by molar-refractivity contribution is 0.891. The summed E-state index contributed by atoms with van der Waals surface area (Å²) in [7, 11) is 1.73. The lowest BCUT2D eigenvalue weighted by atomic mass is 10.1. The van der Waals surface area contributed by atoms with Gasteiger partial charge in [0.1, 0.15) is 0 Å². The zero-order chi connectivity index (χ0) is 13.4. The topological polar surface area (TPSA) is 76.7 Å². The SMILES string of the molecule is Cl.Cn1c(=O)[nH]c2ncc(-c3ccc(CN)cc3)cc21. The molecule has 0 atom stereocenters. The molecule has 1 aromatic carbocycles. The number of pyridine rings is 1. The van der Waals surface area contributed by atoms with Crippen molar-refractivity contribution < 1.29 is 0 Å². The fourth-order valence-corrected chi connectivity index (χ4v) is 2.09. The monoisotopic (exact) mass is 290 g/mol. The second-order valence-corrected chi connectivity index (χ2v) is 4.48. The Kier molecular flexibility index (Phi) is 3.92. The minimum Gasteiger partial charge on any atom is -0.326 e. The zero-order valence-corrected chi connectivity index (χ0v) is 11.8. The van der Waals surface area contributed by atoms with Crippen LogP contribution in [0.1, 0.15) is 5.56 Å². The first-order chi connectivity index (χ1) is 9.19. The van der Waals surface area contributed by atoms with E-state index in [4.69, 9.17) is 5.73 Å². The summed E-state index contributed by atoms with van der Waals surface area (Å²) in [5.41, 5.74) is 9.95. The van der Waals surface area contributed by atoms with E-state index in [1.807, 2.05) is 30.3 Å². The number of H-pyrrole nitrogens is 1. The molecule has 3 rings (SSSR count). The number of fused-ring (bicyclic) bond motifs is 1. The van der Waals surface area contributed by atoms with E-state index >= 15 is 0 Å². The summed E-state index contributed by atoms with van der Waals surface area (Å²) in [6.45, 7) is 0.532. The van der Waals surface area contributed by atoms with Crippen LogP contribution < -0.4 is 11.4 Å². The van der Waals surface area contributed by atoms with Gasteiger partial charge in [0.05, 0.1) is 5.52 Å². The summed E-state index contributed by atoms with van der Waals surface area (Å²) < 4.78 is 1.56. The van der Waals surface area contributed by atoms with Gasteiger partial charge in [-0.1, -0.05) is 24.3 Å². The molecule has 0 fully saturated rings. The van der Waals surface area contributed by atoms with Crippen molar-refractivity contribution in [2.75, 3.05) is 0 Å². The van der Waals surface area contributed by atoms with Crippen molar-refractivity contribution in [1.82, 2.24) is 14.5 Å². The first kappa shape index (κ1) is 14.3. The van der Waals surface area contributed by atoms with Crippen LogP contribution in [0.25, 0.3) is 22.3 Å². The van der Waals surface area contributed by atoms with E-state index in [1.54, 1.807) is 17.8 Å². The number of hydrogen-bond acceptors (Lipinski definition) is 3. The quantitative estimate of drug-likeness (QED) is 0.756. The number of benzene rings is 1. The molecule has 5 nitrogen and oxygen atoms in total. The first-order valence-electron chi connectivity index (χ1n) is 6.03. The highest BCUT2D eigenvalue weighted by Gasteiger charge is 2.06. The molecule has 0 unspecified atom stereocenters. The second-order valence-electron chi connectivity index (χ2n) is 4.48. The highest BCUT2D eigenvalue weighted by Crippen LogP contribution is 2.21. The van der Waals surface area contributed by atoms with Gasteiger partial charge < -0.3 is 5.73 Å². The molecule has 2 aromatic heterocycles. The van der Waals surface area contributed by atoms with Crippen LogP contribution in [0.4, 0.5) is 0 Å². The predicted octanol–water partition coefficient (Wildman–Crippen LogP) is 1.81. The van der Waals surface area contributed by atoms with Gasteiger partial charge in [0.25, 0.3) is 0 Å². The van der Waals surface area contributed by atoms with Crippen molar-refractivity contribution in [2.45, 2.75) is 6.54 Å². The predicted molar refractivity (Wildman–Crippen MR) is 81.9 cm³/mol. The Morgan fingerprint density at radius 1 is 1.25 bits per heavy atom. The highest BCUT2D eigenvalue weighted by molar-refractivity contribution is 5.85. The molecular weight excluding hydrogens is 276 g/mol. The van der Waals surface area contributed by atoms with Crippen LogP contribution in [0.2, 0.25) is 0 Å². The van der Waals surface area contributed by atoms with E-state index in [1.165, 1.54) is 0 Å². The van der Waals surface area contributed by atoms with E-state index in [-0.39, 0.29) is 18.1 Å². The molecule has 0 radical (unpaired) electrons. The molecule has 0 aliphatic heterocycles. The van der Waals surface area contributed by atoms with Crippen molar-refractivity contribution in [1.29, 1.82) is 0 Å². The van der Waals surface area contributed by atoms with Gasteiger partial charge in [0.15, 0.2) is 5.65 Å². The number of hydrogen-bond donors (Lipinski definition) is 2. The molecule has 104 valence electrons. The maximum Gasteiger partial charge on any atom is 0.327 e. The van der Waals surface area contributed by atoms with E-state index in [9.17, 15) is 4.79 Å². The molecule has 0 aliphatic carbocycles. The fourth-order valence-electron chi connectivity index (χ4n) is 2.09.